The summed E-state index contributed by atoms with van der Waals surface area (Å²) >= 11 is 0. The third-order valence-corrected chi connectivity index (χ3v) is 5.71. The first-order valence-electron chi connectivity index (χ1n) is 10.2. The fourth-order valence-corrected chi connectivity index (χ4v) is 4.00. The van der Waals surface area contributed by atoms with Crippen molar-refractivity contribution < 1.29 is 24.2 Å². The highest BCUT2D eigenvalue weighted by Crippen LogP contribution is 2.25. The number of likely N-dealkylation sites (tertiary alicyclic amines) is 1. The molecule has 0 aliphatic carbocycles. The van der Waals surface area contributed by atoms with Gasteiger partial charge in [-0.1, -0.05) is 24.3 Å². The standard InChI is InChI=1S/C23H26N2O5/c1-29-17-6-4-7-18(13-17)30-21-10-12-24(11-9-20(21)26)22(27)15-25-14-16-5-2-3-8-19(16)23(25)28/h2-8,13,20-21,26H,9-12,14-15H2,1H3/t20-,21-/m0/s1. The predicted molar refractivity (Wildman–Crippen MR) is 110 cm³/mol. The van der Waals surface area contributed by atoms with Crippen LogP contribution in [0, 0.1) is 0 Å². The van der Waals surface area contributed by atoms with Crippen molar-refractivity contribution in [2.45, 2.75) is 31.6 Å². The van der Waals surface area contributed by atoms with Crippen LogP contribution in [0.3, 0.4) is 0 Å². The van der Waals surface area contributed by atoms with E-state index in [1.165, 1.54) is 0 Å². The Balaban J connectivity index is 1.35. The predicted octanol–water partition coefficient (Wildman–Crippen LogP) is 2.08. The summed E-state index contributed by atoms with van der Waals surface area (Å²) in [6.07, 6.45) is -0.147. The van der Waals surface area contributed by atoms with Crippen molar-refractivity contribution in [1.29, 1.82) is 0 Å². The first-order valence-corrected chi connectivity index (χ1v) is 10.2. The zero-order chi connectivity index (χ0) is 21.1. The maximum Gasteiger partial charge on any atom is 0.254 e. The van der Waals surface area contributed by atoms with Gasteiger partial charge in [0.15, 0.2) is 0 Å². The van der Waals surface area contributed by atoms with Crippen molar-refractivity contribution >= 4 is 11.8 Å². The smallest absolute Gasteiger partial charge is 0.254 e. The summed E-state index contributed by atoms with van der Waals surface area (Å²) in [7, 11) is 1.59. The molecule has 0 bridgehead atoms. The first kappa shape index (κ1) is 20.2. The largest absolute Gasteiger partial charge is 0.497 e. The van der Waals surface area contributed by atoms with E-state index >= 15 is 0 Å². The van der Waals surface area contributed by atoms with Crippen LogP contribution < -0.4 is 9.47 Å². The summed E-state index contributed by atoms with van der Waals surface area (Å²) in [4.78, 5) is 28.7. The van der Waals surface area contributed by atoms with Gasteiger partial charge in [0.1, 0.15) is 24.1 Å². The number of benzene rings is 2. The third-order valence-electron chi connectivity index (χ3n) is 5.71. The molecule has 0 unspecified atom stereocenters. The molecule has 158 valence electrons. The Hall–Kier alpha value is -3.06. The molecular formula is C23H26N2O5. The van der Waals surface area contributed by atoms with Crippen LogP contribution in [0.2, 0.25) is 0 Å². The van der Waals surface area contributed by atoms with Gasteiger partial charge in [0, 0.05) is 37.7 Å². The van der Waals surface area contributed by atoms with Crippen LogP contribution in [-0.4, -0.2) is 65.7 Å². The fraction of sp³-hybridized carbons (Fsp3) is 0.391. The van der Waals surface area contributed by atoms with Crippen LogP contribution >= 0.6 is 0 Å². The van der Waals surface area contributed by atoms with Crippen LogP contribution in [0.5, 0.6) is 11.5 Å². The van der Waals surface area contributed by atoms with Crippen molar-refractivity contribution in [1.82, 2.24) is 9.80 Å². The van der Waals surface area contributed by atoms with E-state index in [1.54, 1.807) is 29.0 Å². The second-order valence-corrected chi connectivity index (χ2v) is 7.68. The molecule has 0 aromatic heterocycles. The van der Waals surface area contributed by atoms with E-state index in [2.05, 4.69) is 0 Å². The molecule has 30 heavy (non-hydrogen) atoms. The number of amides is 2. The SMILES string of the molecule is COc1cccc(O[C@H]2CCN(C(=O)CN3Cc4ccccc4C3=O)CC[C@@H]2O)c1. The van der Waals surface area contributed by atoms with Crippen molar-refractivity contribution in [3.05, 3.63) is 59.7 Å². The van der Waals surface area contributed by atoms with Gasteiger partial charge in [-0.3, -0.25) is 9.59 Å². The number of methoxy groups -OCH3 is 1. The first-order chi connectivity index (χ1) is 14.5. The van der Waals surface area contributed by atoms with E-state index in [4.69, 9.17) is 9.47 Å². The molecule has 0 radical (unpaired) electrons. The number of rotatable bonds is 5. The van der Waals surface area contributed by atoms with E-state index in [0.29, 0.717) is 49.5 Å². The highest BCUT2D eigenvalue weighted by Gasteiger charge is 2.32. The van der Waals surface area contributed by atoms with Crippen LogP contribution in [-0.2, 0) is 11.3 Å². The molecule has 2 amide bonds. The Morgan fingerprint density at radius 3 is 2.67 bits per heavy atom. The van der Waals surface area contributed by atoms with Crippen molar-refractivity contribution in [2.24, 2.45) is 0 Å². The summed E-state index contributed by atoms with van der Waals surface area (Å²) in [6, 6.07) is 14.7. The summed E-state index contributed by atoms with van der Waals surface area (Å²) < 4.78 is 11.2. The van der Waals surface area contributed by atoms with Gasteiger partial charge < -0.3 is 24.4 Å². The van der Waals surface area contributed by atoms with E-state index in [-0.39, 0.29) is 18.4 Å². The number of carbonyl (C=O) groups excluding carboxylic acids is 2. The molecule has 2 aromatic carbocycles. The van der Waals surface area contributed by atoms with Gasteiger partial charge in [0.05, 0.1) is 13.2 Å². The van der Waals surface area contributed by atoms with Crippen molar-refractivity contribution in [3.8, 4) is 11.5 Å². The van der Waals surface area contributed by atoms with E-state index < -0.39 is 12.2 Å². The molecule has 2 atom stereocenters. The van der Waals surface area contributed by atoms with Crippen LogP contribution in [0.15, 0.2) is 48.5 Å². The van der Waals surface area contributed by atoms with Gasteiger partial charge in [0.25, 0.3) is 5.91 Å². The molecule has 4 rings (SSSR count). The summed E-state index contributed by atoms with van der Waals surface area (Å²) in [6.45, 7) is 1.41. The second kappa shape index (κ2) is 8.75. The second-order valence-electron chi connectivity index (χ2n) is 7.68. The lowest BCUT2D eigenvalue weighted by Crippen LogP contribution is -2.41. The molecule has 1 saturated heterocycles. The molecule has 1 fully saturated rings. The Bertz CT molecular complexity index is 931. The molecule has 0 spiro atoms. The minimum Gasteiger partial charge on any atom is -0.497 e. The number of hydrogen-bond donors (Lipinski definition) is 1. The average Bonchev–Trinajstić information content (AvgIpc) is 2.95. The van der Waals surface area contributed by atoms with Crippen LogP contribution in [0.1, 0.15) is 28.8 Å². The number of ether oxygens (including phenoxy) is 2. The average molecular weight is 410 g/mol. The zero-order valence-corrected chi connectivity index (χ0v) is 17.0. The van der Waals surface area contributed by atoms with Gasteiger partial charge in [-0.15, -0.1) is 0 Å². The summed E-state index contributed by atoms with van der Waals surface area (Å²) in [5, 5.41) is 10.5. The normalized spacial score (nSPS) is 21.2. The molecule has 7 heteroatoms. The lowest BCUT2D eigenvalue weighted by molar-refractivity contribution is -0.132. The third kappa shape index (κ3) is 4.26. The number of aliphatic hydroxyl groups excluding tert-OH is 1. The Morgan fingerprint density at radius 1 is 1.10 bits per heavy atom. The molecule has 2 aliphatic heterocycles. The quantitative estimate of drug-likeness (QED) is 0.817. The van der Waals surface area contributed by atoms with E-state index in [9.17, 15) is 14.7 Å². The van der Waals surface area contributed by atoms with Crippen molar-refractivity contribution in [2.75, 3.05) is 26.7 Å². The lowest BCUT2D eigenvalue weighted by Gasteiger charge is -2.24. The highest BCUT2D eigenvalue weighted by atomic mass is 16.5. The zero-order valence-electron chi connectivity index (χ0n) is 17.0. The highest BCUT2D eigenvalue weighted by molar-refractivity contribution is 6.00. The van der Waals surface area contributed by atoms with Crippen molar-refractivity contribution in [3.63, 3.8) is 0 Å². The lowest BCUT2D eigenvalue weighted by atomic mass is 10.1. The molecule has 0 saturated carbocycles. The molecule has 2 aromatic rings. The number of hydrogen-bond acceptors (Lipinski definition) is 5. The number of nitrogens with zero attached hydrogens (tertiary/aromatic N) is 2. The number of fused-ring (bicyclic) bond motifs is 1. The Morgan fingerprint density at radius 2 is 1.87 bits per heavy atom. The minimum absolute atomic E-state index is 0.0466. The van der Waals surface area contributed by atoms with E-state index in [1.807, 2.05) is 36.4 Å². The summed E-state index contributed by atoms with van der Waals surface area (Å²) in [5.74, 6) is 1.10. The topological polar surface area (TPSA) is 79.3 Å². The van der Waals surface area contributed by atoms with Crippen LogP contribution in [0.4, 0.5) is 0 Å². The van der Waals surface area contributed by atoms with Crippen LogP contribution in [0.25, 0.3) is 0 Å². The van der Waals surface area contributed by atoms with Gasteiger partial charge in [-0.25, -0.2) is 0 Å². The minimum atomic E-state index is -0.674. The Labute approximate surface area is 175 Å². The molecule has 1 N–H and O–H groups in total. The maximum atomic E-state index is 12.9. The van der Waals surface area contributed by atoms with Gasteiger partial charge in [0.2, 0.25) is 5.91 Å². The van der Waals surface area contributed by atoms with E-state index in [0.717, 1.165) is 5.56 Å². The number of aliphatic hydroxyl groups is 1. The fourth-order valence-electron chi connectivity index (χ4n) is 4.00. The molecular weight excluding hydrogens is 384 g/mol. The molecule has 7 nitrogen and oxygen atoms in total. The Kier molecular flexibility index (Phi) is 5.90. The molecule has 2 heterocycles. The number of carbonyl (C=O) groups is 2. The monoisotopic (exact) mass is 410 g/mol. The van der Waals surface area contributed by atoms with Gasteiger partial charge in [-0.2, -0.15) is 0 Å². The maximum absolute atomic E-state index is 12.9. The van der Waals surface area contributed by atoms with Gasteiger partial charge in [-0.05, 0) is 30.2 Å². The molecule has 2 aliphatic rings. The summed E-state index contributed by atoms with van der Waals surface area (Å²) in [5.41, 5.74) is 1.62. The van der Waals surface area contributed by atoms with Gasteiger partial charge >= 0.3 is 0 Å².